The number of rotatable bonds is 5. The van der Waals surface area contributed by atoms with E-state index in [4.69, 9.17) is 16.7 Å². The van der Waals surface area contributed by atoms with Crippen LogP contribution in [0.1, 0.15) is 35.0 Å². The number of likely N-dealkylation sites (N-methyl/N-ethyl adjacent to an activating group) is 1. The van der Waals surface area contributed by atoms with E-state index in [2.05, 4.69) is 17.1 Å². The topological polar surface area (TPSA) is 108 Å². The van der Waals surface area contributed by atoms with Crippen molar-refractivity contribution in [3.8, 4) is 6.07 Å². The van der Waals surface area contributed by atoms with Crippen molar-refractivity contribution in [1.29, 1.82) is 5.26 Å². The average Bonchev–Trinajstić information content (AvgIpc) is 2.99. The predicted octanol–water partition coefficient (Wildman–Crippen LogP) is 1.20. The predicted molar refractivity (Wildman–Crippen MR) is 80.7 cm³/mol. The SMILES string of the molecule is CCN1CCCC1CNc1sc(C#N)c(N)c1C(N)=O. The average molecular weight is 293 g/mol. The second kappa shape index (κ2) is 6.11. The van der Waals surface area contributed by atoms with E-state index >= 15 is 0 Å². The van der Waals surface area contributed by atoms with Gasteiger partial charge in [-0.05, 0) is 25.9 Å². The summed E-state index contributed by atoms with van der Waals surface area (Å²) >= 11 is 1.19. The van der Waals surface area contributed by atoms with Crippen LogP contribution in [0.4, 0.5) is 10.7 Å². The van der Waals surface area contributed by atoms with E-state index in [1.165, 1.54) is 17.8 Å². The van der Waals surface area contributed by atoms with E-state index in [0.717, 1.165) is 26.1 Å². The maximum atomic E-state index is 11.5. The highest BCUT2D eigenvalue weighted by molar-refractivity contribution is 7.17. The molecule has 1 unspecified atom stereocenters. The van der Waals surface area contributed by atoms with Gasteiger partial charge in [-0.2, -0.15) is 5.26 Å². The Kier molecular flexibility index (Phi) is 4.47. The van der Waals surface area contributed by atoms with E-state index in [-0.39, 0.29) is 11.3 Å². The number of primary amides is 1. The zero-order valence-electron chi connectivity index (χ0n) is 11.5. The number of hydrogen-bond acceptors (Lipinski definition) is 6. The van der Waals surface area contributed by atoms with Gasteiger partial charge in [-0.1, -0.05) is 6.92 Å². The van der Waals surface area contributed by atoms with Gasteiger partial charge in [-0.3, -0.25) is 9.69 Å². The Morgan fingerprint density at radius 3 is 3.00 bits per heavy atom. The van der Waals surface area contributed by atoms with Gasteiger partial charge in [0.25, 0.3) is 5.91 Å². The molecule has 20 heavy (non-hydrogen) atoms. The summed E-state index contributed by atoms with van der Waals surface area (Å²) in [6.07, 6.45) is 2.33. The lowest BCUT2D eigenvalue weighted by atomic mass is 10.2. The minimum Gasteiger partial charge on any atom is -0.396 e. The van der Waals surface area contributed by atoms with Crippen molar-refractivity contribution >= 4 is 27.9 Å². The summed E-state index contributed by atoms with van der Waals surface area (Å²) in [6.45, 7) is 5.01. The van der Waals surface area contributed by atoms with Gasteiger partial charge in [0, 0.05) is 12.6 Å². The summed E-state index contributed by atoms with van der Waals surface area (Å²) in [7, 11) is 0. The van der Waals surface area contributed by atoms with Gasteiger partial charge >= 0.3 is 0 Å². The molecule has 0 bridgehead atoms. The van der Waals surface area contributed by atoms with Crippen molar-refractivity contribution in [3.05, 3.63) is 10.4 Å². The summed E-state index contributed by atoms with van der Waals surface area (Å²) in [4.78, 5) is 14.2. The highest BCUT2D eigenvalue weighted by atomic mass is 32.1. The molecule has 0 radical (unpaired) electrons. The molecule has 6 nitrogen and oxygen atoms in total. The fourth-order valence-electron chi connectivity index (χ4n) is 2.65. The van der Waals surface area contributed by atoms with Crippen LogP contribution in [0, 0.1) is 11.3 Å². The molecule has 1 amide bonds. The number of nitrogens with two attached hydrogens (primary N) is 2. The van der Waals surface area contributed by atoms with Crippen LogP contribution in [0.15, 0.2) is 0 Å². The maximum absolute atomic E-state index is 11.5. The van der Waals surface area contributed by atoms with Crippen LogP contribution < -0.4 is 16.8 Å². The first-order chi connectivity index (χ1) is 9.58. The zero-order valence-corrected chi connectivity index (χ0v) is 12.3. The molecular weight excluding hydrogens is 274 g/mol. The standard InChI is InChI=1S/C13H19N5OS/c1-2-18-5-3-4-8(18)7-17-13-10(12(16)19)11(15)9(6-14)20-13/h8,17H,2-5,7,15H2,1H3,(H2,16,19). The number of nitrogens with zero attached hydrogens (tertiary/aromatic N) is 2. The normalized spacial score (nSPS) is 18.9. The monoisotopic (exact) mass is 293 g/mol. The molecule has 5 N–H and O–H groups in total. The molecule has 0 saturated carbocycles. The molecule has 108 valence electrons. The molecule has 1 saturated heterocycles. The Bertz CT molecular complexity index is 548. The fourth-order valence-corrected chi connectivity index (χ4v) is 3.58. The molecular formula is C13H19N5OS. The van der Waals surface area contributed by atoms with Crippen LogP contribution in [0.2, 0.25) is 0 Å². The van der Waals surface area contributed by atoms with Gasteiger partial charge in [0.15, 0.2) is 0 Å². The molecule has 1 aliphatic rings. The summed E-state index contributed by atoms with van der Waals surface area (Å²) in [5.41, 5.74) is 11.6. The lowest BCUT2D eigenvalue weighted by Crippen LogP contribution is -2.34. The molecule has 1 aromatic heterocycles. The number of nitrogen functional groups attached to an aromatic ring is 1. The third-order valence-electron chi connectivity index (χ3n) is 3.70. The summed E-state index contributed by atoms with van der Waals surface area (Å²) in [5.74, 6) is -0.596. The van der Waals surface area contributed by atoms with Gasteiger partial charge < -0.3 is 16.8 Å². The smallest absolute Gasteiger partial charge is 0.253 e. The lowest BCUT2D eigenvalue weighted by molar-refractivity contribution is 0.100. The number of nitriles is 1. The number of nitrogens with one attached hydrogen (secondary N) is 1. The molecule has 7 heteroatoms. The number of amides is 1. The number of carbonyl (C=O) groups is 1. The second-order valence-corrected chi connectivity index (χ2v) is 5.85. The third kappa shape index (κ3) is 2.71. The Labute approximate surface area is 122 Å². The quantitative estimate of drug-likeness (QED) is 0.756. The van der Waals surface area contributed by atoms with Gasteiger partial charge in [-0.25, -0.2) is 0 Å². The van der Waals surface area contributed by atoms with E-state index in [0.29, 0.717) is 15.9 Å². The van der Waals surface area contributed by atoms with Crippen molar-refractivity contribution in [1.82, 2.24) is 4.90 Å². The molecule has 2 rings (SSSR count). The molecule has 0 aliphatic carbocycles. The number of likely N-dealkylation sites (tertiary alicyclic amines) is 1. The summed E-state index contributed by atoms with van der Waals surface area (Å²) in [5, 5.41) is 12.8. The summed E-state index contributed by atoms with van der Waals surface area (Å²) in [6, 6.07) is 2.45. The van der Waals surface area contributed by atoms with E-state index < -0.39 is 5.91 Å². The van der Waals surface area contributed by atoms with Crippen LogP contribution in [-0.4, -0.2) is 36.5 Å². The maximum Gasteiger partial charge on any atom is 0.253 e. The molecule has 1 atom stereocenters. The van der Waals surface area contributed by atoms with Crippen molar-refractivity contribution in [2.24, 2.45) is 5.73 Å². The molecule has 0 aromatic carbocycles. The minimum absolute atomic E-state index is 0.186. The molecule has 1 fully saturated rings. The number of hydrogen-bond donors (Lipinski definition) is 3. The Morgan fingerprint density at radius 1 is 1.65 bits per heavy atom. The van der Waals surface area contributed by atoms with E-state index in [1.54, 1.807) is 0 Å². The van der Waals surface area contributed by atoms with Crippen LogP contribution in [0.5, 0.6) is 0 Å². The van der Waals surface area contributed by atoms with Crippen molar-refractivity contribution < 1.29 is 4.79 Å². The number of anilines is 2. The molecule has 2 heterocycles. The van der Waals surface area contributed by atoms with Crippen molar-refractivity contribution in [2.45, 2.75) is 25.8 Å². The van der Waals surface area contributed by atoms with Crippen LogP contribution in [0.3, 0.4) is 0 Å². The number of thiophene rings is 1. The summed E-state index contributed by atoms with van der Waals surface area (Å²) < 4.78 is 0. The van der Waals surface area contributed by atoms with Gasteiger partial charge in [0.1, 0.15) is 15.9 Å². The highest BCUT2D eigenvalue weighted by Crippen LogP contribution is 2.35. The molecule has 1 aromatic rings. The fraction of sp³-hybridized carbons (Fsp3) is 0.538. The lowest BCUT2D eigenvalue weighted by Gasteiger charge is -2.23. The van der Waals surface area contributed by atoms with Crippen LogP contribution >= 0.6 is 11.3 Å². The van der Waals surface area contributed by atoms with E-state index in [1.807, 2.05) is 6.07 Å². The number of carbonyl (C=O) groups excluding carboxylic acids is 1. The van der Waals surface area contributed by atoms with Gasteiger partial charge in [0.2, 0.25) is 0 Å². The Balaban J connectivity index is 2.13. The largest absolute Gasteiger partial charge is 0.396 e. The third-order valence-corrected chi connectivity index (χ3v) is 4.76. The molecule has 0 spiro atoms. The first kappa shape index (κ1) is 14.6. The first-order valence-corrected chi connectivity index (χ1v) is 7.50. The van der Waals surface area contributed by atoms with Crippen molar-refractivity contribution in [3.63, 3.8) is 0 Å². The van der Waals surface area contributed by atoms with Gasteiger partial charge in [-0.15, -0.1) is 11.3 Å². The highest BCUT2D eigenvalue weighted by Gasteiger charge is 2.25. The first-order valence-electron chi connectivity index (χ1n) is 6.68. The minimum atomic E-state index is -0.596. The zero-order chi connectivity index (χ0) is 14.7. The van der Waals surface area contributed by atoms with Gasteiger partial charge in [0.05, 0.1) is 11.3 Å². The van der Waals surface area contributed by atoms with Crippen molar-refractivity contribution in [2.75, 3.05) is 30.7 Å². The van der Waals surface area contributed by atoms with Crippen LogP contribution in [-0.2, 0) is 0 Å². The second-order valence-electron chi connectivity index (χ2n) is 4.83. The van der Waals surface area contributed by atoms with E-state index in [9.17, 15) is 4.79 Å². The Morgan fingerprint density at radius 2 is 2.40 bits per heavy atom. The Hall–Kier alpha value is -1.78. The van der Waals surface area contributed by atoms with Crippen LogP contribution in [0.25, 0.3) is 0 Å². The molecule has 1 aliphatic heterocycles.